The van der Waals surface area contributed by atoms with Crippen LogP contribution in [0.5, 0.6) is 0 Å². The Labute approximate surface area is 184 Å². The van der Waals surface area contributed by atoms with E-state index >= 15 is 0 Å². The van der Waals surface area contributed by atoms with Crippen molar-refractivity contribution in [2.45, 2.75) is 64.8 Å². The van der Waals surface area contributed by atoms with Gasteiger partial charge in [0, 0.05) is 11.6 Å². The predicted octanol–water partition coefficient (Wildman–Crippen LogP) is 0.809. The molecule has 31 heavy (non-hydrogen) atoms. The first-order valence-electron chi connectivity index (χ1n) is 9.68. The Morgan fingerprint density at radius 2 is 1.90 bits per heavy atom. The maximum absolute atomic E-state index is 12.4. The first-order valence-corrected chi connectivity index (χ1v) is 10.1. The lowest BCUT2D eigenvalue weighted by molar-refractivity contribution is -0.172. The van der Waals surface area contributed by atoms with Crippen LogP contribution in [0.2, 0.25) is 0 Å². The Balaban J connectivity index is 2.56. The zero-order chi connectivity index (χ0) is 23.5. The van der Waals surface area contributed by atoms with E-state index in [0.29, 0.717) is 0 Å². The summed E-state index contributed by atoms with van der Waals surface area (Å²) in [5.74, 6) is 0.195. The number of aliphatic hydroxyl groups is 1. The molecule has 1 unspecified atom stereocenters. The van der Waals surface area contributed by atoms with E-state index in [-0.39, 0.29) is 5.82 Å². The van der Waals surface area contributed by atoms with Gasteiger partial charge >= 0.3 is 17.6 Å². The van der Waals surface area contributed by atoms with Gasteiger partial charge in [0.05, 0.1) is 11.8 Å². The number of esters is 2. The maximum Gasteiger partial charge on any atom is 0.351 e. The van der Waals surface area contributed by atoms with Gasteiger partial charge in [0.15, 0.2) is 12.3 Å². The van der Waals surface area contributed by atoms with Crippen molar-refractivity contribution < 1.29 is 28.9 Å². The third kappa shape index (κ3) is 5.18. The van der Waals surface area contributed by atoms with Crippen LogP contribution in [0.3, 0.4) is 0 Å². The molecule has 1 aromatic rings. The summed E-state index contributed by atoms with van der Waals surface area (Å²) in [6, 6.07) is 1.32. The molecule has 10 nitrogen and oxygen atoms in total. The summed E-state index contributed by atoms with van der Waals surface area (Å²) < 4.78 is 17.7. The van der Waals surface area contributed by atoms with Crippen molar-refractivity contribution >= 4 is 29.4 Å². The summed E-state index contributed by atoms with van der Waals surface area (Å²) in [4.78, 5) is 40.5. The summed E-state index contributed by atoms with van der Waals surface area (Å²) in [7, 11) is 0. The first-order chi connectivity index (χ1) is 14.4. The first kappa shape index (κ1) is 24.7. The number of nitrogens with two attached hydrogens (primary N) is 1. The summed E-state index contributed by atoms with van der Waals surface area (Å²) in [6.45, 7) is 8.03. The maximum atomic E-state index is 12.4. The van der Waals surface area contributed by atoms with E-state index in [1.165, 1.54) is 19.2 Å². The molecule has 1 aliphatic rings. The summed E-state index contributed by atoms with van der Waals surface area (Å²) in [5, 5.41) is 13.5. The van der Waals surface area contributed by atoms with E-state index in [4.69, 9.17) is 31.5 Å². The molecule has 0 amide bonds. The molecule has 1 aromatic heterocycles. The molecule has 1 aliphatic heterocycles. The number of ether oxygens (including phenoxy) is 3. The minimum Gasteiger partial charge on any atom is -0.460 e. The van der Waals surface area contributed by atoms with Crippen LogP contribution in [0.4, 0.5) is 5.82 Å². The zero-order valence-corrected chi connectivity index (χ0v) is 18.6. The molecule has 1 fully saturated rings. The van der Waals surface area contributed by atoms with Crippen molar-refractivity contribution in [2.75, 3.05) is 5.73 Å². The fourth-order valence-corrected chi connectivity index (χ4v) is 3.12. The van der Waals surface area contributed by atoms with Gasteiger partial charge in [-0.15, -0.1) is 0 Å². The number of carbonyl (C=O) groups is 2. The average molecular weight is 456 g/mol. The summed E-state index contributed by atoms with van der Waals surface area (Å²) in [5.41, 5.74) is 2.45. The van der Waals surface area contributed by atoms with Crippen molar-refractivity contribution in [3.8, 4) is 11.3 Å². The molecule has 2 heterocycles. The summed E-state index contributed by atoms with van der Waals surface area (Å²) >= 11 is 5.58. The van der Waals surface area contributed by atoms with Crippen molar-refractivity contribution in [1.29, 1.82) is 0 Å². The minimum atomic E-state index is -2.25. The third-order valence-corrected chi connectivity index (χ3v) is 4.79. The number of nitrogen functional groups attached to an aromatic ring is 1. The summed E-state index contributed by atoms with van der Waals surface area (Å²) in [6.07, 6.45) is -3.79. The number of halogens is 1. The van der Waals surface area contributed by atoms with Crippen molar-refractivity contribution in [1.82, 2.24) is 9.55 Å². The topological polar surface area (TPSA) is 143 Å². The molecule has 0 saturated carbocycles. The second kappa shape index (κ2) is 9.68. The van der Waals surface area contributed by atoms with Crippen LogP contribution in [-0.2, 0) is 23.8 Å². The number of carbonyl (C=O) groups excluding carboxylic acids is 2. The molecule has 11 heteroatoms. The van der Waals surface area contributed by atoms with Gasteiger partial charge in [0.25, 0.3) is 0 Å². The molecule has 0 spiro atoms. The second-order valence-electron chi connectivity index (χ2n) is 7.85. The van der Waals surface area contributed by atoms with E-state index in [0.717, 1.165) is 4.57 Å². The number of hydrogen-bond acceptors (Lipinski definition) is 9. The van der Waals surface area contributed by atoms with Gasteiger partial charge in [-0.2, -0.15) is 4.98 Å². The molecular formula is C20H26ClN3O7. The van der Waals surface area contributed by atoms with E-state index in [9.17, 15) is 19.5 Å². The van der Waals surface area contributed by atoms with Gasteiger partial charge in [0.1, 0.15) is 18.0 Å². The van der Waals surface area contributed by atoms with Crippen LogP contribution < -0.4 is 11.4 Å². The minimum absolute atomic E-state index is 0.0372. The van der Waals surface area contributed by atoms with E-state index in [1.807, 2.05) is 0 Å². The van der Waals surface area contributed by atoms with E-state index in [1.54, 1.807) is 27.7 Å². The second-order valence-corrected chi connectivity index (χ2v) is 8.04. The van der Waals surface area contributed by atoms with Gasteiger partial charge < -0.3 is 25.1 Å². The Bertz CT molecular complexity index is 952. The van der Waals surface area contributed by atoms with Gasteiger partial charge in [-0.3, -0.25) is 14.2 Å². The Kier molecular flexibility index (Phi) is 7.70. The van der Waals surface area contributed by atoms with Crippen LogP contribution in [0, 0.1) is 23.1 Å². The molecule has 0 aromatic carbocycles. The molecule has 0 radical (unpaired) electrons. The highest BCUT2D eigenvalue weighted by molar-refractivity contribution is 6.30. The Hall–Kier alpha value is -2.61. The van der Waals surface area contributed by atoms with Crippen molar-refractivity contribution in [3.05, 3.63) is 22.7 Å². The number of aromatic nitrogens is 2. The average Bonchev–Trinajstić information content (AvgIpc) is 2.94. The lowest BCUT2D eigenvalue weighted by atomic mass is 9.92. The van der Waals surface area contributed by atoms with E-state index in [2.05, 4.69) is 16.3 Å². The molecule has 1 saturated heterocycles. The highest BCUT2D eigenvalue weighted by Crippen LogP contribution is 2.41. The zero-order valence-electron chi connectivity index (χ0n) is 17.9. The van der Waals surface area contributed by atoms with Crippen molar-refractivity contribution in [2.24, 2.45) is 11.8 Å². The Morgan fingerprint density at radius 1 is 1.29 bits per heavy atom. The van der Waals surface area contributed by atoms with Gasteiger partial charge in [-0.05, 0) is 30.5 Å². The molecule has 5 atom stereocenters. The van der Waals surface area contributed by atoms with Crippen LogP contribution in [-0.4, -0.2) is 50.5 Å². The van der Waals surface area contributed by atoms with Gasteiger partial charge in [-0.1, -0.05) is 27.7 Å². The Morgan fingerprint density at radius 3 is 2.42 bits per heavy atom. The van der Waals surface area contributed by atoms with Gasteiger partial charge in [0.2, 0.25) is 5.60 Å². The van der Waals surface area contributed by atoms with Crippen molar-refractivity contribution in [3.63, 3.8) is 0 Å². The normalized spacial score (nSPS) is 26.3. The monoisotopic (exact) mass is 455 g/mol. The molecule has 2 rings (SSSR count). The third-order valence-electron chi connectivity index (χ3n) is 4.70. The highest BCUT2D eigenvalue weighted by atomic mass is 35.5. The number of nitrogens with zero attached hydrogens (tertiary/aromatic N) is 2. The fourth-order valence-electron chi connectivity index (χ4n) is 2.97. The van der Waals surface area contributed by atoms with Crippen LogP contribution in [0.15, 0.2) is 17.1 Å². The van der Waals surface area contributed by atoms with Crippen LogP contribution >= 0.6 is 11.6 Å². The fraction of sp³-hybridized carbons (Fsp3) is 0.600. The number of anilines is 1. The molecule has 3 N–H and O–H groups in total. The van der Waals surface area contributed by atoms with Crippen LogP contribution in [0.1, 0.15) is 40.8 Å². The van der Waals surface area contributed by atoms with Crippen LogP contribution in [0.25, 0.3) is 0 Å². The number of hydrogen-bond donors (Lipinski definition) is 2. The quantitative estimate of drug-likeness (QED) is 0.470. The lowest BCUT2D eigenvalue weighted by Gasteiger charge is -2.30. The predicted molar refractivity (Wildman–Crippen MR) is 111 cm³/mol. The lowest BCUT2D eigenvalue weighted by Crippen LogP contribution is -2.51. The molecule has 0 bridgehead atoms. The van der Waals surface area contributed by atoms with Gasteiger partial charge in [-0.25, -0.2) is 4.79 Å². The van der Waals surface area contributed by atoms with E-state index < -0.39 is 59.6 Å². The standard InChI is InChI=1S/C20H26ClN3O7/c1-10(2)16(25)29-12(5)14-15(31-17(26)11(3)4)20(28,7-8-21)18(30-14)24-9-6-13(22)23-19(24)27/h6,9-12,14-15,18,28H,1-5H3,(H2,22,23,27)/t12?,14-,15-,18-,20-/m1/s1. The number of rotatable bonds is 6. The SMILES string of the molecule is CC(C)C(=O)OC(C)[C@H]1O[C@@H](n2ccc(N)nc2=O)[C@@](O)(C#CCl)[C@@H]1OC(=O)C(C)C. The molecule has 170 valence electrons. The highest BCUT2D eigenvalue weighted by Gasteiger charge is 2.61. The molecular weight excluding hydrogens is 430 g/mol. The smallest absolute Gasteiger partial charge is 0.351 e. The largest absolute Gasteiger partial charge is 0.460 e. The molecule has 0 aliphatic carbocycles.